The Kier molecular flexibility index (Phi) is 3.71. The van der Waals surface area contributed by atoms with Crippen molar-refractivity contribution in [2.75, 3.05) is 6.54 Å². The first-order chi connectivity index (χ1) is 10.3. The van der Waals surface area contributed by atoms with E-state index in [1.54, 1.807) is 12.1 Å². The van der Waals surface area contributed by atoms with E-state index in [-0.39, 0.29) is 12.5 Å². The third-order valence-electron chi connectivity index (χ3n) is 3.42. The molecule has 2 aromatic carbocycles. The van der Waals surface area contributed by atoms with Crippen LogP contribution in [0.25, 0.3) is 10.8 Å². The zero-order valence-electron chi connectivity index (χ0n) is 11.3. The number of nitrogens with one attached hydrogen (secondary N) is 1. The second-order valence-electron chi connectivity index (χ2n) is 4.81. The molecule has 0 saturated carbocycles. The molecule has 1 amide bonds. The van der Waals surface area contributed by atoms with E-state index in [1.165, 1.54) is 12.5 Å². The summed E-state index contributed by atoms with van der Waals surface area (Å²) in [6.07, 6.45) is 2.18. The predicted molar refractivity (Wildman–Crippen MR) is 79.9 cm³/mol. The largest absolute Gasteiger partial charge is 0.472 e. The van der Waals surface area contributed by atoms with Crippen molar-refractivity contribution in [3.63, 3.8) is 0 Å². The molecule has 2 N–H and O–H groups in total. The highest BCUT2D eigenvalue weighted by Gasteiger charge is 2.13. The van der Waals surface area contributed by atoms with Crippen LogP contribution in [0.4, 0.5) is 0 Å². The van der Waals surface area contributed by atoms with Crippen LogP contribution in [0.3, 0.4) is 0 Å². The molecule has 106 valence electrons. The van der Waals surface area contributed by atoms with E-state index in [9.17, 15) is 9.90 Å². The third-order valence-corrected chi connectivity index (χ3v) is 3.42. The van der Waals surface area contributed by atoms with Gasteiger partial charge in [0.05, 0.1) is 18.6 Å². The van der Waals surface area contributed by atoms with Gasteiger partial charge in [0, 0.05) is 17.7 Å². The topological polar surface area (TPSA) is 62.5 Å². The van der Waals surface area contributed by atoms with Gasteiger partial charge in [-0.15, -0.1) is 0 Å². The van der Waals surface area contributed by atoms with Gasteiger partial charge in [0.2, 0.25) is 0 Å². The van der Waals surface area contributed by atoms with Crippen LogP contribution in [0.2, 0.25) is 0 Å². The zero-order chi connectivity index (χ0) is 14.7. The van der Waals surface area contributed by atoms with Crippen LogP contribution in [0, 0.1) is 0 Å². The SMILES string of the molecule is O=C(NC[C@@H](O)c1ccoc1)c1cccc2ccccc12. The number of benzene rings is 2. The van der Waals surface area contributed by atoms with Gasteiger partial charge in [-0.2, -0.15) is 0 Å². The summed E-state index contributed by atoms with van der Waals surface area (Å²) in [7, 11) is 0. The second-order valence-corrected chi connectivity index (χ2v) is 4.81. The average molecular weight is 281 g/mol. The van der Waals surface area contributed by atoms with Gasteiger partial charge in [0.1, 0.15) is 0 Å². The van der Waals surface area contributed by atoms with Crippen molar-refractivity contribution in [2.24, 2.45) is 0 Å². The summed E-state index contributed by atoms with van der Waals surface area (Å²) in [4.78, 5) is 12.3. The molecule has 3 aromatic rings. The Bertz CT molecular complexity index is 744. The quantitative estimate of drug-likeness (QED) is 0.773. The first-order valence-electron chi connectivity index (χ1n) is 6.72. The predicted octanol–water partition coefficient (Wildman–Crippen LogP) is 2.90. The molecule has 4 nitrogen and oxygen atoms in total. The van der Waals surface area contributed by atoms with E-state index in [0.717, 1.165) is 10.8 Å². The molecule has 21 heavy (non-hydrogen) atoms. The molecular weight excluding hydrogens is 266 g/mol. The van der Waals surface area contributed by atoms with Crippen LogP contribution in [0.1, 0.15) is 22.0 Å². The molecule has 1 aromatic heterocycles. The molecule has 1 atom stereocenters. The summed E-state index contributed by atoms with van der Waals surface area (Å²) in [5.74, 6) is -0.200. The Morgan fingerprint density at radius 2 is 1.95 bits per heavy atom. The van der Waals surface area contributed by atoms with Gasteiger partial charge in [-0.25, -0.2) is 0 Å². The van der Waals surface area contributed by atoms with E-state index >= 15 is 0 Å². The average Bonchev–Trinajstić information content (AvgIpc) is 3.06. The van der Waals surface area contributed by atoms with Crippen LogP contribution in [0.5, 0.6) is 0 Å². The van der Waals surface area contributed by atoms with Gasteiger partial charge in [0.15, 0.2) is 0 Å². The lowest BCUT2D eigenvalue weighted by atomic mass is 10.0. The van der Waals surface area contributed by atoms with Gasteiger partial charge in [-0.1, -0.05) is 36.4 Å². The van der Waals surface area contributed by atoms with E-state index in [2.05, 4.69) is 5.32 Å². The maximum absolute atomic E-state index is 12.3. The smallest absolute Gasteiger partial charge is 0.252 e. The number of amides is 1. The number of aliphatic hydroxyl groups is 1. The molecule has 0 aliphatic heterocycles. The van der Waals surface area contributed by atoms with Crippen molar-refractivity contribution >= 4 is 16.7 Å². The van der Waals surface area contributed by atoms with Crippen molar-refractivity contribution in [1.82, 2.24) is 5.32 Å². The van der Waals surface area contributed by atoms with E-state index in [4.69, 9.17) is 4.42 Å². The van der Waals surface area contributed by atoms with E-state index in [1.807, 2.05) is 36.4 Å². The molecule has 0 radical (unpaired) electrons. The zero-order valence-corrected chi connectivity index (χ0v) is 11.3. The van der Waals surface area contributed by atoms with Gasteiger partial charge < -0.3 is 14.8 Å². The normalized spacial score (nSPS) is 12.2. The molecule has 0 bridgehead atoms. The molecule has 0 fully saturated rings. The summed E-state index contributed by atoms with van der Waals surface area (Å²) in [5.41, 5.74) is 1.25. The highest BCUT2D eigenvalue weighted by Crippen LogP contribution is 2.18. The lowest BCUT2D eigenvalue weighted by Gasteiger charge is -2.11. The fourth-order valence-corrected chi connectivity index (χ4v) is 2.29. The minimum Gasteiger partial charge on any atom is -0.472 e. The number of hydrogen-bond acceptors (Lipinski definition) is 3. The number of carbonyl (C=O) groups is 1. The lowest BCUT2D eigenvalue weighted by molar-refractivity contribution is 0.0917. The maximum atomic E-state index is 12.3. The summed E-state index contributed by atoms with van der Waals surface area (Å²) < 4.78 is 4.91. The fourth-order valence-electron chi connectivity index (χ4n) is 2.29. The van der Waals surface area contributed by atoms with Crippen molar-refractivity contribution < 1.29 is 14.3 Å². The summed E-state index contributed by atoms with van der Waals surface area (Å²) >= 11 is 0. The van der Waals surface area contributed by atoms with Crippen LogP contribution >= 0.6 is 0 Å². The molecule has 4 heteroatoms. The van der Waals surface area contributed by atoms with Gasteiger partial charge in [-0.05, 0) is 22.9 Å². The second kappa shape index (κ2) is 5.81. The van der Waals surface area contributed by atoms with Crippen molar-refractivity contribution in [3.8, 4) is 0 Å². The fraction of sp³-hybridized carbons (Fsp3) is 0.118. The molecule has 0 aliphatic carbocycles. The highest BCUT2D eigenvalue weighted by atomic mass is 16.3. The van der Waals surface area contributed by atoms with Crippen molar-refractivity contribution in [3.05, 3.63) is 72.2 Å². The minimum atomic E-state index is -0.775. The van der Waals surface area contributed by atoms with Crippen LogP contribution in [-0.4, -0.2) is 17.6 Å². The number of furan rings is 1. The lowest BCUT2D eigenvalue weighted by Crippen LogP contribution is -2.28. The van der Waals surface area contributed by atoms with Gasteiger partial charge in [0.25, 0.3) is 5.91 Å². The molecule has 1 heterocycles. The Morgan fingerprint density at radius 3 is 2.76 bits per heavy atom. The molecular formula is C17H15NO3. The van der Waals surface area contributed by atoms with Crippen LogP contribution in [0.15, 0.2) is 65.5 Å². The standard InChI is InChI=1S/C17H15NO3/c19-16(13-8-9-21-11-13)10-18-17(20)15-7-3-5-12-4-1-2-6-14(12)15/h1-9,11,16,19H,10H2,(H,18,20)/t16-/m1/s1. The number of rotatable bonds is 4. The minimum absolute atomic E-state index is 0.140. The molecule has 0 unspecified atom stereocenters. The van der Waals surface area contributed by atoms with Gasteiger partial charge in [-0.3, -0.25) is 4.79 Å². The van der Waals surface area contributed by atoms with Crippen LogP contribution in [-0.2, 0) is 0 Å². The first-order valence-corrected chi connectivity index (χ1v) is 6.72. The summed E-state index contributed by atoms with van der Waals surface area (Å²) in [5, 5.41) is 14.6. The van der Waals surface area contributed by atoms with Crippen molar-refractivity contribution in [2.45, 2.75) is 6.10 Å². The summed E-state index contributed by atoms with van der Waals surface area (Å²) in [6, 6.07) is 15.0. The molecule has 3 rings (SSSR count). The Hall–Kier alpha value is -2.59. The van der Waals surface area contributed by atoms with Crippen molar-refractivity contribution in [1.29, 1.82) is 0 Å². The first kappa shape index (κ1) is 13.4. The Labute approximate surface area is 122 Å². The number of hydrogen-bond donors (Lipinski definition) is 2. The Morgan fingerprint density at radius 1 is 1.14 bits per heavy atom. The maximum Gasteiger partial charge on any atom is 0.252 e. The third kappa shape index (κ3) is 2.80. The Balaban J connectivity index is 1.75. The van der Waals surface area contributed by atoms with Crippen LogP contribution < -0.4 is 5.32 Å². The van der Waals surface area contributed by atoms with E-state index < -0.39 is 6.10 Å². The molecule has 0 spiro atoms. The van der Waals surface area contributed by atoms with E-state index in [0.29, 0.717) is 11.1 Å². The summed E-state index contributed by atoms with van der Waals surface area (Å²) in [6.45, 7) is 0.140. The number of aliphatic hydroxyl groups excluding tert-OH is 1. The number of carbonyl (C=O) groups excluding carboxylic acids is 1. The monoisotopic (exact) mass is 281 g/mol. The molecule has 0 aliphatic rings. The van der Waals surface area contributed by atoms with Gasteiger partial charge >= 0.3 is 0 Å². The number of fused-ring (bicyclic) bond motifs is 1. The highest BCUT2D eigenvalue weighted by molar-refractivity contribution is 6.06. The molecule has 0 saturated heterocycles.